The maximum absolute atomic E-state index is 12.9. The quantitative estimate of drug-likeness (QED) is 0.869. The summed E-state index contributed by atoms with van der Waals surface area (Å²) in [4.78, 5) is 8.56. The van der Waals surface area contributed by atoms with Gasteiger partial charge in [0.2, 0.25) is 5.95 Å². The average Bonchev–Trinajstić information content (AvgIpc) is 2.91. The van der Waals surface area contributed by atoms with Gasteiger partial charge in [0.25, 0.3) is 0 Å². The van der Waals surface area contributed by atoms with Crippen LogP contribution in [0.15, 0.2) is 23.6 Å². The van der Waals surface area contributed by atoms with Crippen molar-refractivity contribution in [2.75, 3.05) is 17.2 Å². The largest absolute Gasteiger partial charge is 0.433 e. The minimum Gasteiger partial charge on any atom is -0.363 e. The highest BCUT2D eigenvalue weighted by Crippen LogP contribution is 2.31. The van der Waals surface area contributed by atoms with Gasteiger partial charge in [-0.1, -0.05) is 6.07 Å². The summed E-state index contributed by atoms with van der Waals surface area (Å²) >= 11 is 1.53. The molecule has 0 radical (unpaired) electrons. The van der Waals surface area contributed by atoms with Crippen LogP contribution in [-0.4, -0.2) is 16.5 Å². The minimum atomic E-state index is -4.50. The Morgan fingerprint density at radius 1 is 1.33 bits per heavy atom. The zero-order chi connectivity index (χ0) is 15.5. The molecule has 0 fully saturated rings. The van der Waals surface area contributed by atoms with Crippen molar-refractivity contribution in [3.63, 3.8) is 0 Å². The Balaban J connectivity index is 2.27. The smallest absolute Gasteiger partial charge is 0.363 e. The first-order chi connectivity index (χ1) is 9.90. The van der Waals surface area contributed by atoms with Crippen LogP contribution in [0.4, 0.5) is 24.9 Å². The third-order valence-corrected chi connectivity index (χ3v) is 3.74. The average molecular weight is 316 g/mol. The number of thiophene rings is 1. The van der Waals surface area contributed by atoms with E-state index in [1.165, 1.54) is 11.3 Å². The van der Waals surface area contributed by atoms with Crippen molar-refractivity contribution in [3.8, 4) is 0 Å². The molecule has 0 aromatic carbocycles. The van der Waals surface area contributed by atoms with E-state index in [1.54, 1.807) is 6.92 Å². The first-order valence-corrected chi connectivity index (χ1v) is 7.28. The summed E-state index contributed by atoms with van der Waals surface area (Å²) in [6.07, 6.45) is -4.50. The number of hydrogen-bond donors (Lipinski definition) is 2. The van der Waals surface area contributed by atoms with Crippen molar-refractivity contribution in [3.05, 3.63) is 34.2 Å². The maximum atomic E-state index is 12.9. The molecule has 0 saturated carbocycles. The van der Waals surface area contributed by atoms with Crippen LogP contribution >= 0.6 is 11.3 Å². The van der Waals surface area contributed by atoms with Gasteiger partial charge >= 0.3 is 6.18 Å². The molecule has 1 atom stereocenters. The highest BCUT2D eigenvalue weighted by Gasteiger charge is 2.33. The third-order valence-electron chi connectivity index (χ3n) is 2.69. The Morgan fingerprint density at radius 2 is 2.10 bits per heavy atom. The molecule has 4 nitrogen and oxygen atoms in total. The van der Waals surface area contributed by atoms with Crippen molar-refractivity contribution < 1.29 is 13.2 Å². The van der Waals surface area contributed by atoms with Crippen LogP contribution in [0.1, 0.15) is 30.5 Å². The summed E-state index contributed by atoms with van der Waals surface area (Å²) in [7, 11) is 0. The number of alkyl halides is 3. The van der Waals surface area contributed by atoms with E-state index in [9.17, 15) is 13.2 Å². The molecule has 0 aliphatic heterocycles. The van der Waals surface area contributed by atoms with E-state index < -0.39 is 11.9 Å². The second-order valence-electron chi connectivity index (χ2n) is 4.37. The molecule has 1 unspecified atom stereocenters. The molecule has 2 N–H and O–H groups in total. The van der Waals surface area contributed by atoms with E-state index in [2.05, 4.69) is 20.6 Å². The van der Waals surface area contributed by atoms with Gasteiger partial charge in [0.05, 0.1) is 6.04 Å². The summed E-state index contributed by atoms with van der Waals surface area (Å²) in [6, 6.07) is 4.60. The molecule has 114 valence electrons. The van der Waals surface area contributed by atoms with E-state index in [-0.39, 0.29) is 17.8 Å². The van der Waals surface area contributed by atoms with Crippen molar-refractivity contribution in [2.24, 2.45) is 0 Å². The zero-order valence-corrected chi connectivity index (χ0v) is 12.3. The van der Waals surface area contributed by atoms with Gasteiger partial charge in [-0.15, -0.1) is 11.3 Å². The van der Waals surface area contributed by atoms with Crippen molar-refractivity contribution >= 4 is 23.1 Å². The summed E-state index contributed by atoms with van der Waals surface area (Å²) in [6.45, 7) is 4.08. The lowest BCUT2D eigenvalue weighted by Crippen LogP contribution is -2.15. The van der Waals surface area contributed by atoms with E-state index in [4.69, 9.17) is 0 Å². The fraction of sp³-hybridized carbons (Fsp3) is 0.385. The third kappa shape index (κ3) is 4.07. The monoisotopic (exact) mass is 316 g/mol. The molecule has 21 heavy (non-hydrogen) atoms. The number of nitrogens with one attached hydrogen (secondary N) is 2. The normalized spacial score (nSPS) is 13.0. The van der Waals surface area contributed by atoms with E-state index in [0.717, 1.165) is 10.9 Å². The van der Waals surface area contributed by atoms with Crippen LogP contribution in [0.2, 0.25) is 0 Å². The molecular formula is C13H15F3N4S. The van der Waals surface area contributed by atoms with Crippen molar-refractivity contribution in [1.29, 1.82) is 0 Å². The van der Waals surface area contributed by atoms with Crippen LogP contribution < -0.4 is 10.6 Å². The highest BCUT2D eigenvalue weighted by molar-refractivity contribution is 7.10. The van der Waals surface area contributed by atoms with Crippen LogP contribution in [0.3, 0.4) is 0 Å². The van der Waals surface area contributed by atoms with E-state index in [0.29, 0.717) is 6.54 Å². The van der Waals surface area contributed by atoms with Crippen molar-refractivity contribution in [1.82, 2.24) is 9.97 Å². The van der Waals surface area contributed by atoms with Crippen LogP contribution in [0, 0.1) is 0 Å². The molecule has 0 aliphatic carbocycles. The molecule has 2 rings (SSSR count). The number of aromatic nitrogens is 2. The van der Waals surface area contributed by atoms with E-state index in [1.807, 2.05) is 24.4 Å². The lowest BCUT2D eigenvalue weighted by molar-refractivity contribution is -0.141. The number of nitrogens with zero attached hydrogens (tertiary/aromatic N) is 2. The second-order valence-corrected chi connectivity index (χ2v) is 5.35. The fourth-order valence-electron chi connectivity index (χ4n) is 1.73. The second kappa shape index (κ2) is 6.30. The Bertz CT molecular complexity index is 584. The van der Waals surface area contributed by atoms with Gasteiger partial charge in [0.1, 0.15) is 5.82 Å². The molecule has 2 aromatic rings. The predicted molar refractivity (Wildman–Crippen MR) is 77.6 cm³/mol. The number of hydrogen-bond acceptors (Lipinski definition) is 5. The number of rotatable bonds is 5. The standard InChI is InChI=1S/C13H15F3N4S/c1-3-17-12-19-10(13(14,15)16)7-11(20-12)18-8(2)9-5-4-6-21-9/h4-8H,3H2,1-2H3,(H2,17,18,19,20). The topological polar surface area (TPSA) is 49.8 Å². The zero-order valence-electron chi connectivity index (χ0n) is 11.5. The lowest BCUT2D eigenvalue weighted by atomic mass is 10.2. The van der Waals surface area contributed by atoms with Gasteiger partial charge in [-0.05, 0) is 25.3 Å². The molecule has 0 saturated heterocycles. The molecule has 0 bridgehead atoms. The summed E-state index contributed by atoms with van der Waals surface area (Å²) in [5, 5.41) is 7.60. The molecule has 2 aromatic heterocycles. The van der Waals surface area contributed by atoms with Gasteiger partial charge in [-0.2, -0.15) is 18.2 Å². The molecular weight excluding hydrogens is 301 g/mol. The number of halogens is 3. The Morgan fingerprint density at radius 3 is 2.67 bits per heavy atom. The van der Waals surface area contributed by atoms with Crippen LogP contribution in [0.25, 0.3) is 0 Å². The molecule has 0 spiro atoms. The van der Waals surface area contributed by atoms with Gasteiger partial charge in [0.15, 0.2) is 5.69 Å². The fourth-order valence-corrected chi connectivity index (χ4v) is 2.47. The Kier molecular flexibility index (Phi) is 4.66. The van der Waals surface area contributed by atoms with Crippen LogP contribution in [-0.2, 0) is 6.18 Å². The Labute approximate surface area is 124 Å². The minimum absolute atomic E-state index is 0.0341. The summed E-state index contributed by atoms with van der Waals surface area (Å²) < 4.78 is 38.6. The van der Waals surface area contributed by atoms with Gasteiger partial charge in [0, 0.05) is 17.5 Å². The number of anilines is 2. The van der Waals surface area contributed by atoms with Gasteiger partial charge in [-0.25, -0.2) is 4.98 Å². The molecule has 0 amide bonds. The van der Waals surface area contributed by atoms with E-state index >= 15 is 0 Å². The predicted octanol–water partition coefficient (Wildman–Crippen LogP) is 4.16. The van der Waals surface area contributed by atoms with Gasteiger partial charge in [-0.3, -0.25) is 0 Å². The Hall–Kier alpha value is -1.83. The SMILES string of the molecule is CCNc1nc(NC(C)c2cccs2)cc(C(F)(F)F)n1. The molecule has 8 heteroatoms. The van der Waals surface area contributed by atoms with Crippen LogP contribution in [0.5, 0.6) is 0 Å². The summed E-state index contributed by atoms with van der Waals surface area (Å²) in [5.41, 5.74) is -0.964. The maximum Gasteiger partial charge on any atom is 0.433 e. The first-order valence-electron chi connectivity index (χ1n) is 6.40. The lowest BCUT2D eigenvalue weighted by Gasteiger charge is -2.15. The van der Waals surface area contributed by atoms with Gasteiger partial charge < -0.3 is 10.6 Å². The first kappa shape index (κ1) is 15.6. The summed E-state index contributed by atoms with van der Waals surface area (Å²) in [5.74, 6) is 0.113. The highest BCUT2D eigenvalue weighted by atomic mass is 32.1. The molecule has 0 aliphatic rings. The van der Waals surface area contributed by atoms with Crippen molar-refractivity contribution in [2.45, 2.75) is 26.1 Å². The molecule has 2 heterocycles.